The van der Waals surface area contributed by atoms with Crippen molar-refractivity contribution in [2.45, 2.75) is 78.3 Å². The minimum absolute atomic E-state index is 0.165. The lowest BCUT2D eigenvalue weighted by Gasteiger charge is -2.44. The molecular formula is C25H32N4OS. The second-order valence-corrected chi connectivity index (χ2v) is 11.0. The second-order valence-electron chi connectivity index (χ2n) is 9.55. The average Bonchev–Trinajstić information content (AvgIpc) is 3.34. The summed E-state index contributed by atoms with van der Waals surface area (Å²) in [6, 6.07) is 4.80. The molecule has 0 aromatic carbocycles. The van der Waals surface area contributed by atoms with Gasteiger partial charge in [-0.3, -0.25) is 4.79 Å². The van der Waals surface area contributed by atoms with Crippen molar-refractivity contribution in [3.8, 4) is 11.3 Å². The Balaban J connectivity index is 1.65. The van der Waals surface area contributed by atoms with Crippen molar-refractivity contribution >= 4 is 28.3 Å². The van der Waals surface area contributed by atoms with E-state index in [1.54, 1.807) is 11.3 Å². The molecule has 0 N–H and O–H groups in total. The smallest absolute Gasteiger partial charge is 0.254 e. The average molecular weight is 437 g/mol. The number of carbonyl (C=O) groups is 1. The Hall–Kier alpha value is -2.21. The number of hydrogen-bond acceptors (Lipinski definition) is 4. The Bertz CT molecular complexity index is 1130. The molecule has 5 rings (SSSR count). The molecule has 1 aliphatic carbocycles. The van der Waals surface area contributed by atoms with Crippen molar-refractivity contribution in [2.75, 3.05) is 6.54 Å². The number of pyridine rings is 1. The Labute approximate surface area is 188 Å². The molecule has 0 radical (unpaired) electrons. The fourth-order valence-electron chi connectivity index (χ4n) is 5.63. The summed E-state index contributed by atoms with van der Waals surface area (Å²) in [5, 5.41) is 5.49. The van der Waals surface area contributed by atoms with Gasteiger partial charge in [-0.2, -0.15) is 5.10 Å². The molecule has 2 aliphatic rings. The molecule has 0 bridgehead atoms. The molecule has 1 amide bonds. The van der Waals surface area contributed by atoms with Crippen molar-refractivity contribution in [3.63, 3.8) is 0 Å². The lowest BCUT2D eigenvalue weighted by atomic mass is 9.78. The number of likely N-dealkylation sites (tertiary alicyclic amines) is 1. The summed E-state index contributed by atoms with van der Waals surface area (Å²) in [6.45, 7) is 9.35. The summed E-state index contributed by atoms with van der Waals surface area (Å²) in [5.41, 5.74) is 3.60. The van der Waals surface area contributed by atoms with E-state index in [4.69, 9.17) is 4.98 Å². The molecule has 5 nitrogen and oxygen atoms in total. The first kappa shape index (κ1) is 20.7. The van der Waals surface area contributed by atoms with E-state index in [2.05, 4.69) is 43.8 Å². The predicted molar refractivity (Wildman–Crippen MR) is 127 cm³/mol. The van der Waals surface area contributed by atoms with E-state index in [9.17, 15) is 4.79 Å². The number of piperidine rings is 1. The second kappa shape index (κ2) is 8.05. The summed E-state index contributed by atoms with van der Waals surface area (Å²) in [6.07, 6.45) is 9.18. The molecule has 3 aromatic rings. The zero-order chi connectivity index (χ0) is 21.7. The number of carbonyl (C=O) groups excluding carboxylic acids is 1. The molecule has 4 heterocycles. The summed E-state index contributed by atoms with van der Waals surface area (Å²) >= 11 is 1.78. The van der Waals surface area contributed by atoms with Crippen molar-refractivity contribution in [1.82, 2.24) is 19.7 Å². The molecule has 0 spiro atoms. The lowest BCUT2D eigenvalue weighted by Crippen LogP contribution is -2.49. The van der Waals surface area contributed by atoms with Gasteiger partial charge in [0.25, 0.3) is 5.91 Å². The minimum Gasteiger partial charge on any atom is -0.335 e. The monoisotopic (exact) mass is 436 g/mol. The maximum absolute atomic E-state index is 14.0. The van der Waals surface area contributed by atoms with E-state index in [1.807, 2.05) is 16.9 Å². The summed E-state index contributed by atoms with van der Waals surface area (Å²) < 4.78 is 1.95. The first-order chi connectivity index (χ1) is 14.9. The SMILES string of the molecule is Cc1cc(-c2cc(C(=O)N3CCCC4CCCCC43)c3cnn(C(C)C)c3n2)c(C)s1. The van der Waals surface area contributed by atoms with Crippen LogP contribution in [0.3, 0.4) is 0 Å². The first-order valence-corrected chi connectivity index (χ1v) is 12.5. The van der Waals surface area contributed by atoms with Gasteiger partial charge in [-0.1, -0.05) is 12.8 Å². The standard InChI is InChI=1S/C25H32N4OS/c1-15(2)29-24-21(14-26-29)20(13-22(27-24)19-12-16(3)31-17(19)4)25(30)28-11-7-9-18-8-5-6-10-23(18)28/h12-15,18,23H,5-11H2,1-4H3. The maximum Gasteiger partial charge on any atom is 0.254 e. The molecule has 1 aliphatic heterocycles. The molecule has 1 saturated heterocycles. The third-order valence-electron chi connectivity index (χ3n) is 7.11. The summed E-state index contributed by atoms with van der Waals surface area (Å²) in [5.74, 6) is 0.835. The lowest BCUT2D eigenvalue weighted by molar-refractivity contribution is 0.0392. The third kappa shape index (κ3) is 3.59. The van der Waals surface area contributed by atoms with Gasteiger partial charge in [0.1, 0.15) is 0 Å². The molecule has 2 atom stereocenters. The van der Waals surface area contributed by atoms with Gasteiger partial charge >= 0.3 is 0 Å². The normalized spacial score (nSPS) is 21.6. The molecule has 2 fully saturated rings. The van der Waals surface area contributed by atoms with Gasteiger partial charge in [-0.25, -0.2) is 9.67 Å². The fourth-order valence-corrected chi connectivity index (χ4v) is 6.56. The van der Waals surface area contributed by atoms with Crippen LogP contribution in [0.2, 0.25) is 0 Å². The molecule has 31 heavy (non-hydrogen) atoms. The van der Waals surface area contributed by atoms with Crippen LogP contribution < -0.4 is 0 Å². The number of thiophene rings is 1. The van der Waals surface area contributed by atoms with Crippen molar-refractivity contribution in [3.05, 3.63) is 33.6 Å². The minimum atomic E-state index is 0.165. The quantitative estimate of drug-likeness (QED) is 0.494. The van der Waals surface area contributed by atoms with Gasteiger partial charge in [0.15, 0.2) is 5.65 Å². The maximum atomic E-state index is 14.0. The summed E-state index contributed by atoms with van der Waals surface area (Å²) in [4.78, 5) is 23.7. The van der Waals surface area contributed by atoms with Crippen molar-refractivity contribution in [1.29, 1.82) is 0 Å². The number of fused-ring (bicyclic) bond motifs is 2. The number of aryl methyl sites for hydroxylation is 2. The zero-order valence-electron chi connectivity index (χ0n) is 19.0. The van der Waals surface area contributed by atoms with Crippen molar-refractivity contribution in [2.24, 2.45) is 5.92 Å². The van der Waals surface area contributed by atoms with E-state index in [0.29, 0.717) is 12.0 Å². The highest BCUT2D eigenvalue weighted by atomic mass is 32.1. The van der Waals surface area contributed by atoms with E-state index in [1.165, 1.54) is 35.4 Å². The Morgan fingerprint density at radius 1 is 1.13 bits per heavy atom. The number of rotatable bonds is 3. The van der Waals surface area contributed by atoms with E-state index < -0.39 is 0 Å². The first-order valence-electron chi connectivity index (χ1n) is 11.7. The molecule has 6 heteroatoms. The Morgan fingerprint density at radius 2 is 1.90 bits per heavy atom. The predicted octanol–water partition coefficient (Wildman–Crippen LogP) is 6.15. The Morgan fingerprint density at radius 3 is 2.65 bits per heavy atom. The highest BCUT2D eigenvalue weighted by Gasteiger charge is 2.37. The molecular weight excluding hydrogens is 404 g/mol. The van der Waals surface area contributed by atoms with Gasteiger partial charge in [-0.15, -0.1) is 11.3 Å². The van der Waals surface area contributed by atoms with Crippen LogP contribution in [0.4, 0.5) is 0 Å². The summed E-state index contributed by atoms with van der Waals surface area (Å²) in [7, 11) is 0. The molecule has 1 saturated carbocycles. The topological polar surface area (TPSA) is 51.0 Å². The van der Waals surface area contributed by atoms with Gasteiger partial charge in [0, 0.05) is 33.9 Å². The van der Waals surface area contributed by atoms with Crippen LogP contribution in [0.25, 0.3) is 22.3 Å². The Kier molecular flexibility index (Phi) is 5.37. The van der Waals surface area contributed by atoms with Gasteiger partial charge < -0.3 is 4.90 Å². The molecule has 164 valence electrons. The van der Waals surface area contributed by atoms with Crippen LogP contribution in [0.1, 0.15) is 78.5 Å². The number of nitrogens with zero attached hydrogens (tertiary/aromatic N) is 4. The highest BCUT2D eigenvalue weighted by molar-refractivity contribution is 7.12. The number of hydrogen-bond donors (Lipinski definition) is 0. The van der Waals surface area contributed by atoms with Crippen LogP contribution >= 0.6 is 11.3 Å². The molecule has 2 unspecified atom stereocenters. The van der Waals surface area contributed by atoms with Gasteiger partial charge in [0.2, 0.25) is 0 Å². The number of amides is 1. The highest BCUT2D eigenvalue weighted by Crippen LogP contribution is 2.38. The van der Waals surface area contributed by atoms with Crippen LogP contribution in [0.5, 0.6) is 0 Å². The van der Waals surface area contributed by atoms with Crippen LogP contribution in [0.15, 0.2) is 18.3 Å². The zero-order valence-corrected chi connectivity index (χ0v) is 19.8. The van der Waals surface area contributed by atoms with Gasteiger partial charge in [-0.05, 0) is 71.4 Å². The number of aromatic nitrogens is 3. The fraction of sp³-hybridized carbons (Fsp3) is 0.560. The van der Waals surface area contributed by atoms with Crippen LogP contribution in [-0.2, 0) is 0 Å². The van der Waals surface area contributed by atoms with E-state index >= 15 is 0 Å². The largest absolute Gasteiger partial charge is 0.335 e. The molecule has 3 aromatic heterocycles. The third-order valence-corrected chi connectivity index (χ3v) is 8.07. The van der Waals surface area contributed by atoms with Crippen LogP contribution in [0, 0.1) is 19.8 Å². The van der Waals surface area contributed by atoms with Crippen LogP contribution in [-0.4, -0.2) is 38.2 Å². The van der Waals surface area contributed by atoms with Crippen molar-refractivity contribution < 1.29 is 4.79 Å². The van der Waals surface area contributed by atoms with E-state index in [0.717, 1.165) is 47.2 Å². The van der Waals surface area contributed by atoms with Gasteiger partial charge in [0.05, 0.1) is 22.8 Å². The van der Waals surface area contributed by atoms with E-state index in [-0.39, 0.29) is 11.9 Å².